The molecule has 0 aromatic carbocycles. The Balaban J connectivity index is 0.000000853. The molecular weight excluding hydrogens is 198 g/mol. The molecule has 0 fully saturated rings. The summed E-state index contributed by atoms with van der Waals surface area (Å²) in [5, 5.41) is 10.6. The number of nitrogens with one attached hydrogen (secondary N) is 1. The summed E-state index contributed by atoms with van der Waals surface area (Å²) in [5.74, 6) is 0. The van der Waals surface area contributed by atoms with Crippen LogP contribution in [0.2, 0.25) is 0 Å². The van der Waals surface area contributed by atoms with Gasteiger partial charge in [-0.3, -0.25) is 9.78 Å². The maximum atomic E-state index is 11.6. The molecule has 0 radical (unpaired) electrons. The lowest BCUT2D eigenvalue weighted by Crippen LogP contribution is -2.04. The summed E-state index contributed by atoms with van der Waals surface area (Å²) in [6.45, 7) is 0. The molecule has 7 heteroatoms. The van der Waals surface area contributed by atoms with Gasteiger partial charge >= 0.3 is 0 Å². The highest BCUT2D eigenvalue weighted by Gasteiger charge is 2.04. The zero-order chi connectivity index (χ0) is 9.54. The second-order valence-electron chi connectivity index (χ2n) is 2.90. The molecule has 3 heterocycles. The van der Waals surface area contributed by atoms with Gasteiger partial charge in [0.15, 0.2) is 11.1 Å². The van der Waals surface area contributed by atoms with Gasteiger partial charge in [-0.1, -0.05) is 5.21 Å². The predicted octanol–water partition coefficient (Wildman–Crippen LogP) is -0.859. The van der Waals surface area contributed by atoms with Crippen molar-refractivity contribution < 1.29 is 5.48 Å². The van der Waals surface area contributed by atoms with E-state index in [1.54, 1.807) is 23.0 Å². The number of nitrogens with zero attached hydrogens (tertiary/aromatic N) is 4. The number of aromatic amines is 1. The van der Waals surface area contributed by atoms with Gasteiger partial charge in [-0.2, -0.15) is 5.21 Å². The van der Waals surface area contributed by atoms with Crippen LogP contribution in [0, 0.1) is 0 Å². The van der Waals surface area contributed by atoms with Crippen LogP contribution >= 0.6 is 0 Å². The van der Waals surface area contributed by atoms with Gasteiger partial charge in [-0.05, 0) is 6.07 Å². The summed E-state index contributed by atoms with van der Waals surface area (Å²) in [6, 6.07) is 3.11. The topological polar surface area (TPSA) is 107 Å². The highest BCUT2D eigenvalue weighted by atomic mass is 16.1. The summed E-state index contributed by atoms with van der Waals surface area (Å²) in [4.78, 5) is 15.5. The second-order valence-corrected chi connectivity index (χ2v) is 2.90. The van der Waals surface area contributed by atoms with Gasteiger partial charge in [-0.25, -0.2) is 4.52 Å². The smallest absolute Gasteiger partial charge is 0.191 e. The van der Waals surface area contributed by atoms with Crippen LogP contribution in [0.25, 0.3) is 16.6 Å². The van der Waals surface area contributed by atoms with Gasteiger partial charge in [0.2, 0.25) is 0 Å². The minimum Gasteiger partial charge on any atom is -0.412 e. The number of fused-ring (bicyclic) bond motifs is 3. The van der Waals surface area contributed by atoms with E-state index < -0.39 is 0 Å². The van der Waals surface area contributed by atoms with E-state index in [-0.39, 0.29) is 10.9 Å². The van der Waals surface area contributed by atoms with Gasteiger partial charge in [-0.15, -0.1) is 5.10 Å². The Labute approximate surface area is 82.7 Å². The first-order valence-corrected chi connectivity index (χ1v) is 4.03. The fraction of sp³-hybridized carbons (Fsp3) is 0. The zero-order valence-corrected chi connectivity index (χ0v) is 7.51. The Morgan fingerprint density at radius 2 is 2.27 bits per heavy atom. The average Bonchev–Trinajstić information content (AvgIpc) is 2.66. The molecule has 15 heavy (non-hydrogen) atoms. The lowest BCUT2D eigenvalue weighted by Gasteiger charge is -1.97. The van der Waals surface area contributed by atoms with E-state index in [9.17, 15) is 4.79 Å². The van der Waals surface area contributed by atoms with E-state index in [1.165, 1.54) is 6.07 Å². The highest BCUT2D eigenvalue weighted by molar-refractivity contribution is 5.79. The highest BCUT2D eigenvalue weighted by Crippen LogP contribution is 2.07. The number of tetrazole rings is 1. The molecule has 7 nitrogen and oxygen atoms in total. The van der Waals surface area contributed by atoms with Gasteiger partial charge in [0.1, 0.15) is 0 Å². The van der Waals surface area contributed by atoms with Crippen molar-refractivity contribution in [2.45, 2.75) is 0 Å². The van der Waals surface area contributed by atoms with Crippen LogP contribution in [-0.2, 0) is 0 Å². The molecule has 3 aromatic heterocycles. The molecule has 3 N–H and O–H groups in total. The third-order valence-electron chi connectivity index (χ3n) is 2.09. The lowest BCUT2D eigenvalue weighted by atomic mass is 10.2. The van der Waals surface area contributed by atoms with Gasteiger partial charge in [0.25, 0.3) is 0 Å². The Hall–Kier alpha value is -2.28. The molecular formula is C8H7N5O2. The maximum absolute atomic E-state index is 11.6. The first-order chi connectivity index (χ1) is 6.86. The van der Waals surface area contributed by atoms with E-state index in [2.05, 4.69) is 20.5 Å². The number of pyridine rings is 2. The van der Waals surface area contributed by atoms with Crippen LogP contribution < -0.4 is 5.43 Å². The SMILES string of the molecule is O.O=c1cc2nn[nH]n2c2cnccc12. The average molecular weight is 205 g/mol. The Bertz CT molecular complexity index is 671. The number of H-pyrrole nitrogens is 1. The van der Waals surface area contributed by atoms with Gasteiger partial charge in [0, 0.05) is 12.3 Å². The molecule has 0 saturated heterocycles. The van der Waals surface area contributed by atoms with Crippen molar-refractivity contribution in [1.29, 1.82) is 0 Å². The predicted molar refractivity (Wildman–Crippen MR) is 52.5 cm³/mol. The lowest BCUT2D eigenvalue weighted by molar-refractivity contribution is 0.824. The Morgan fingerprint density at radius 1 is 1.40 bits per heavy atom. The van der Waals surface area contributed by atoms with Crippen molar-refractivity contribution in [2.75, 3.05) is 0 Å². The van der Waals surface area contributed by atoms with Gasteiger partial charge < -0.3 is 5.48 Å². The van der Waals surface area contributed by atoms with Crippen LogP contribution in [0.4, 0.5) is 0 Å². The fourth-order valence-electron chi connectivity index (χ4n) is 1.45. The van der Waals surface area contributed by atoms with E-state index in [1.807, 2.05) is 0 Å². The molecule has 0 aliphatic rings. The molecule has 0 atom stereocenters. The van der Waals surface area contributed by atoms with Crippen LogP contribution in [0.5, 0.6) is 0 Å². The van der Waals surface area contributed by atoms with E-state index >= 15 is 0 Å². The van der Waals surface area contributed by atoms with E-state index in [0.29, 0.717) is 16.6 Å². The first-order valence-electron chi connectivity index (χ1n) is 4.03. The zero-order valence-electron chi connectivity index (χ0n) is 7.51. The normalized spacial score (nSPS) is 10.4. The summed E-state index contributed by atoms with van der Waals surface area (Å²) < 4.78 is 1.61. The van der Waals surface area contributed by atoms with Crippen LogP contribution in [0.15, 0.2) is 29.3 Å². The summed E-state index contributed by atoms with van der Waals surface area (Å²) in [5.41, 5.74) is 1.10. The van der Waals surface area contributed by atoms with Crippen LogP contribution in [0.1, 0.15) is 0 Å². The number of hydrogen-bond acceptors (Lipinski definition) is 4. The second kappa shape index (κ2) is 3.14. The van der Waals surface area contributed by atoms with Crippen molar-refractivity contribution in [2.24, 2.45) is 0 Å². The van der Waals surface area contributed by atoms with Crippen molar-refractivity contribution in [3.05, 3.63) is 34.7 Å². The monoisotopic (exact) mass is 205 g/mol. The Morgan fingerprint density at radius 3 is 3.13 bits per heavy atom. The number of hydrogen-bond donors (Lipinski definition) is 1. The molecule has 0 amide bonds. The van der Waals surface area contributed by atoms with Crippen LogP contribution in [-0.4, -0.2) is 30.5 Å². The minimum atomic E-state index is -0.0729. The quantitative estimate of drug-likeness (QED) is 0.515. The maximum Gasteiger partial charge on any atom is 0.191 e. The summed E-state index contributed by atoms with van der Waals surface area (Å²) in [6.07, 6.45) is 3.18. The standard InChI is InChI=1S/C8H5N5O.H2O/c14-7-3-8-10-11-12-13(8)6-4-9-2-1-5(6)7;/h1-4H,(H,10,12);1H2. The molecule has 76 valence electrons. The van der Waals surface area contributed by atoms with E-state index in [4.69, 9.17) is 0 Å². The molecule has 0 spiro atoms. The Kier molecular flexibility index (Phi) is 1.94. The van der Waals surface area contributed by atoms with Crippen molar-refractivity contribution in [3.63, 3.8) is 0 Å². The fourth-order valence-corrected chi connectivity index (χ4v) is 1.45. The molecule has 0 unspecified atom stereocenters. The van der Waals surface area contributed by atoms with Crippen molar-refractivity contribution in [1.82, 2.24) is 25.0 Å². The number of aromatic nitrogens is 5. The largest absolute Gasteiger partial charge is 0.412 e. The first kappa shape index (κ1) is 9.28. The van der Waals surface area contributed by atoms with Crippen LogP contribution in [0.3, 0.4) is 0 Å². The number of rotatable bonds is 0. The molecule has 0 aliphatic heterocycles. The summed E-state index contributed by atoms with van der Waals surface area (Å²) >= 11 is 0. The minimum absolute atomic E-state index is 0. The molecule has 0 bridgehead atoms. The van der Waals surface area contributed by atoms with Gasteiger partial charge in [0.05, 0.1) is 17.1 Å². The molecule has 3 rings (SSSR count). The molecule has 0 saturated carbocycles. The molecule has 0 aliphatic carbocycles. The van der Waals surface area contributed by atoms with Crippen molar-refractivity contribution in [3.8, 4) is 0 Å². The molecule has 3 aromatic rings. The van der Waals surface area contributed by atoms with Crippen molar-refractivity contribution >= 4 is 16.6 Å². The van der Waals surface area contributed by atoms with E-state index in [0.717, 1.165) is 0 Å². The third-order valence-corrected chi connectivity index (χ3v) is 2.09. The summed E-state index contributed by atoms with van der Waals surface area (Å²) in [7, 11) is 0. The third kappa shape index (κ3) is 1.17.